The van der Waals surface area contributed by atoms with Gasteiger partial charge in [0.1, 0.15) is 5.75 Å². The van der Waals surface area contributed by atoms with Gasteiger partial charge >= 0.3 is 0 Å². The number of nitrogens with zero attached hydrogens (tertiary/aromatic N) is 2. The maximum absolute atomic E-state index is 5.42. The van der Waals surface area contributed by atoms with Gasteiger partial charge in [0.25, 0.3) is 0 Å². The van der Waals surface area contributed by atoms with Gasteiger partial charge in [0, 0.05) is 38.8 Å². The molecule has 3 rings (SSSR count). The first-order chi connectivity index (χ1) is 13.2. The second-order valence-corrected chi connectivity index (χ2v) is 7.57. The molecule has 0 aliphatic carbocycles. The molecule has 0 N–H and O–H groups in total. The third-order valence-corrected chi connectivity index (χ3v) is 5.45. The summed E-state index contributed by atoms with van der Waals surface area (Å²) in [5.74, 6) is 0.934. The van der Waals surface area contributed by atoms with Gasteiger partial charge in [-0.15, -0.1) is 31.4 Å². The summed E-state index contributed by atoms with van der Waals surface area (Å²) in [7, 11) is 1.73. The van der Waals surface area contributed by atoms with E-state index in [4.69, 9.17) is 4.74 Å². The van der Waals surface area contributed by atoms with E-state index in [0.29, 0.717) is 6.04 Å². The van der Waals surface area contributed by atoms with Crippen molar-refractivity contribution in [3.8, 4) is 5.75 Å². The second kappa shape index (κ2) is 12.9. The molecule has 0 radical (unpaired) electrons. The molecule has 0 amide bonds. The first-order valence-corrected chi connectivity index (χ1v) is 9.94. The topological polar surface area (TPSA) is 15.7 Å². The number of ether oxygens (including phenoxy) is 1. The van der Waals surface area contributed by atoms with E-state index in [1.807, 2.05) is 6.07 Å². The molecule has 1 heterocycles. The van der Waals surface area contributed by atoms with Gasteiger partial charge in [0.05, 0.1) is 7.11 Å². The maximum atomic E-state index is 5.42. The Bertz CT molecular complexity index is 731. The van der Waals surface area contributed by atoms with E-state index >= 15 is 0 Å². The molecule has 3 nitrogen and oxygen atoms in total. The summed E-state index contributed by atoms with van der Waals surface area (Å²) in [4.78, 5) is 5.21. The summed E-state index contributed by atoms with van der Waals surface area (Å²) in [6.45, 7) is 11.8. The molecule has 0 spiro atoms. The van der Waals surface area contributed by atoms with Gasteiger partial charge in [-0.05, 0) is 43.0 Å². The van der Waals surface area contributed by atoms with E-state index in [0.717, 1.165) is 51.3 Å². The first-order valence-electron chi connectivity index (χ1n) is 9.94. The Morgan fingerprint density at radius 3 is 2.31 bits per heavy atom. The Balaban J connectivity index is 0.00000210. The number of benzene rings is 2. The minimum atomic E-state index is 0. The molecule has 1 fully saturated rings. The Hall–Kier alpha value is -1.52. The molecule has 5 heteroatoms. The average Bonchev–Trinajstić information content (AvgIpc) is 2.72. The molecular weight excluding hydrogens is 403 g/mol. The highest BCUT2D eigenvalue weighted by Crippen LogP contribution is 2.27. The lowest BCUT2D eigenvalue weighted by Crippen LogP contribution is -2.48. The molecule has 1 atom stereocenters. The molecule has 29 heavy (non-hydrogen) atoms. The zero-order valence-corrected chi connectivity index (χ0v) is 19.2. The standard InChI is InChI=1S/C24H32N2O.2ClH/c1-20(2)12-13-25-14-16-26(17-15-25)24(22-9-5-4-6-10-22)19-21-8-7-11-23(18-21)27-3;;/h4-11,18,24H,1,12-17,19H2,2-3H3;2*1H. The van der Waals surface area contributed by atoms with E-state index in [1.54, 1.807) is 7.11 Å². The van der Waals surface area contributed by atoms with Crippen molar-refractivity contribution in [2.45, 2.75) is 25.8 Å². The predicted octanol–water partition coefficient (Wildman–Crippen LogP) is 5.41. The molecule has 2 aromatic rings. The van der Waals surface area contributed by atoms with Crippen LogP contribution in [-0.2, 0) is 6.42 Å². The fraction of sp³-hybridized carbons (Fsp3) is 0.417. The first kappa shape index (κ1) is 25.5. The zero-order valence-electron chi connectivity index (χ0n) is 17.5. The number of halogens is 2. The fourth-order valence-electron chi connectivity index (χ4n) is 3.80. The molecule has 1 saturated heterocycles. The second-order valence-electron chi connectivity index (χ2n) is 7.57. The van der Waals surface area contributed by atoms with Gasteiger partial charge in [-0.1, -0.05) is 48.0 Å². The summed E-state index contributed by atoms with van der Waals surface area (Å²) in [6.07, 6.45) is 2.11. The molecule has 0 aromatic heterocycles. The smallest absolute Gasteiger partial charge is 0.119 e. The Kier molecular flexibility index (Phi) is 11.4. The van der Waals surface area contributed by atoms with Crippen LogP contribution in [0.15, 0.2) is 66.7 Å². The van der Waals surface area contributed by atoms with E-state index < -0.39 is 0 Å². The third-order valence-electron chi connectivity index (χ3n) is 5.45. The van der Waals surface area contributed by atoms with Crippen molar-refractivity contribution >= 4 is 24.8 Å². The Labute approximate surface area is 188 Å². The van der Waals surface area contributed by atoms with Crippen LogP contribution in [0.1, 0.15) is 30.5 Å². The van der Waals surface area contributed by atoms with Crippen LogP contribution in [0, 0.1) is 0 Å². The quantitative estimate of drug-likeness (QED) is 0.514. The summed E-state index contributed by atoms with van der Waals surface area (Å²) in [5.41, 5.74) is 4.00. The summed E-state index contributed by atoms with van der Waals surface area (Å²) in [6, 6.07) is 19.8. The molecule has 2 aromatic carbocycles. The van der Waals surface area contributed by atoms with Crippen LogP contribution in [0.2, 0.25) is 0 Å². The lowest BCUT2D eigenvalue weighted by Gasteiger charge is -2.39. The molecule has 0 bridgehead atoms. The summed E-state index contributed by atoms with van der Waals surface area (Å²) >= 11 is 0. The lowest BCUT2D eigenvalue weighted by molar-refractivity contribution is 0.0961. The van der Waals surface area contributed by atoms with Crippen LogP contribution in [0.25, 0.3) is 0 Å². The van der Waals surface area contributed by atoms with E-state index in [9.17, 15) is 0 Å². The fourth-order valence-corrected chi connectivity index (χ4v) is 3.80. The number of rotatable bonds is 8. The van der Waals surface area contributed by atoms with Gasteiger partial charge in [0.2, 0.25) is 0 Å². The molecular formula is C24H34Cl2N2O. The predicted molar refractivity (Wildman–Crippen MR) is 128 cm³/mol. The lowest BCUT2D eigenvalue weighted by atomic mass is 9.96. The number of methoxy groups -OCH3 is 1. The number of piperazine rings is 1. The number of hydrogen-bond donors (Lipinski definition) is 0. The monoisotopic (exact) mass is 436 g/mol. The van der Waals surface area contributed by atoms with Gasteiger partial charge in [-0.2, -0.15) is 0 Å². The summed E-state index contributed by atoms with van der Waals surface area (Å²) in [5, 5.41) is 0. The minimum absolute atomic E-state index is 0. The van der Waals surface area contributed by atoms with Crippen molar-refractivity contribution in [3.63, 3.8) is 0 Å². The molecule has 0 saturated carbocycles. The average molecular weight is 437 g/mol. The highest BCUT2D eigenvalue weighted by Gasteiger charge is 2.25. The van der Waals surface area contributed by atoms with Crippen molar-refractivity contribution in [3.05, 3.63) is 77.9 Å². The highest BCUT2D eigenvalue weighted by molar-refractivity contribution is 5.85. The maximum Gasteiger partial charge on any atom is 0.119 e. The van der Waals surface area contributed by atoms with Crippen LogP contribution in [0.5, 0.6) is 5.75 Å². The molecule has 1 unspecified atom stereocenters. The Morgan fingerprint density at radius 1 is 1.00 bits per heavy atom. The van der Waals surface area contributed by atoms with Gasteiger partial charge in [0.15, 0.2) is 0 Å². The van der Waals surface area contributed by atoms with Crippen LogP contribution in [0.4, 0.5) is 0 Å². The molecule has 1 aliphatic heterocycles. The SMILES string of the molecule is C=C(C)CCN1CCN(C(Cc2cccc(OC)c2)c2ccccc2)CC1.Cl.Cl. The normalized spacial score (nSPS) is 15.7. The molecule has 160 valence electrons. The van der Waals surface area contributed by atoms with Crippen molar-refractivity contribution in [1.82, 2.24) is 9.80 Å². The van der Waals surface area contributed by atoms with Gasteiger partial charge in [-0.25, -0.2) is 0 Å². The van der Waals surface area contributed by atoms with E-state index in [-0.39, 0.29) is 24.8 Å². The van der Waals surface area contributed by atoms with E-state index in [1.165, 1.54) is 16.7 Å². The number of hydrogen-bond acceptors (Lipinski definition) is 3. The minimum Gasteiger partial charge on any atom is -0.497 e. The van der Waals surface area contributed by atoms with Crippen LogP contribution in [-0.4, -0.2) is 49.6 Å². The van der Waals surface area contributed by atoms with Crippen LogP contribution < -0.4 is 4.74 Å². The third kappa shape index (κ3) is 7.67. The zero-order chi connectivity index (χ0) is 19.1. The molecule has 1 aliphatic rings. The Morgan fingerprint density at radius 2 is 1.69 bits per heavy atom. The van der Waals surface area contributed by atoms with Crippen molar-refractivity contribution in [2.24, 2.45) is 0 Å². The van der Waals surface area contributed by atoms with Crippen molar-refractivity contribution in [2.75, 3.05) is 39.8 Å². The van der Waals surface area contributed by atoms with Gasteiger partial charge < -0.3 is 9.64 Å². The van der Waals surface area contributed by atoms with Crippen LogP contribution >= 0.6 is 24.8 Å². The van der Waals surface area contributed by atoms with Gasteiger partial charge in [-0.3, -0.25) is 4.90 Å². The van der Waals surface area contributed by atoms with E-state index in [2.05, 4.69) is 71.8 Å². The van der Waals surface area contributed by atoms with Crippen molar-refractivity contribution in [1.29, 1.82) is 0 Å². The van der Waals surface area contributed by atoms with Crippen LogP contribution in [0.3, 0.4) is 0 Å². The summed E-state index contributed by atoms with van der Waals surface area (Å²) < 4.78 is 5.42. The largest absolute Gasteiger partial charge is 0.497 e. The highest BCUT2D eigenvalue weighted by atomic mass is 35.5. The van der Waals surface area contributed by atoms with Crippen molar-refractivity contribution < 1.29 is 4.74 Å².